The van der Waals surface area contributed by atoms with Crippen molar-refractivity contribution in [1.29, 1.82) is 0 Å². The van der Waals surface area contributed by atoms with E-state index in [-0.39, 0.29) is 5.92 Å². The van der Waals surface area contributed by atoms with Crippen LogP contribution < -0.4 is 4.72 Å². The molecule has 1 aromatic rings. The summed E-state index contributed by atoms with van der Waals surface area (Å²) < 4.78 is 74.8. The van der Waals surface area contributed by atoms with Gasteiger partial charge in [-0.05, 0) is 155 Å². The van der Waals surface area contributed by atoms with Crippen LogP contribution in [0.1, 0.15) is 124 Å². The van der Waals surface area contributed by atoms with Crippen LogP contribution in [0, 0.1) is 46.3 Å². The molecule has 0 saturated heterocycles. The maximum Gasteiger partial charge on any atom is 0.416 e. The van der Waals surface area contributed by atoms with Gasteiger partial charge >= 0.3 is 12.4 Å². The third-order valence-corrected chi connectivity index (χ3v) is 13.1. The Morgan fingerprint density at radius 2 is 1.59 bits per heavy atom. The molecular formula is C42H63F6NOS. The lowest BCUT2D eigenvalue weighted by atomic mass is 9.45. The molecule has 0 aliphatic heterocycles. The zero-order chi connectivity index (χ0) is 38.5. The van der Waals surface area contributed by atoms with Gasteiger partial charge in [-0.2, -0.15) is 26.3 Å². The first-order chi connectivity index (χ1) is 24.0. The van der Waals surface area contributed by atoms with Gasteiger partial charge < -0.3 is 4.79 Å². The summed E-state index contributed by atoms with van der Waals surface area (Å²) in [7, 11) is 1.71. The van der Waals surface area contributed by atoms with E-state index in [2.05, 4.69) is 32.1 Å². The van der Waals surface area contributed by atoms with E-state index in [1.807, 2.05) is 13.8 Å². The smallest absolute Gasteiger partial charge is 0.303 e. The fourth-order valence-electron chi connectivity index (χ4n) is 9.79. The van der Waals surface area contributed by atoms with E-state index in [0.29, 0.717) is 10.8 Å². The molecule has 8 unspecified atom stereocenters. The van der Waals surface area contributed by atoms with Gasteiger partial charge in [-0.3, -0.25) is 4.72 Å². The number of allylic oxidation sites excluding steroid dienone is 5. The van der Waals surface area contributed by atoms with Gasteiger partial charge in [0.25, 0.3) is 0 Å². The predicted octanol–water partition coefficient (Wildman–Crippen LogP) is 13.8. The maximum absolute atomic E-state index is 12.1. The Morgan fingerprint density at radius 3 is 2.14 bits per heavy atom. The van der Waals surface area contributed by atoms with Crippen molar-refractivity contribution >= 4 is 18.2 Å². The lowest BCUT2D eigenvalue weighted by Gasteiger charge is -2.60. The normalized spacial score (nSPS) is 30.8. The molecule has 51 heavy (non-hydrogen) atoms. The first-order valence-corrected chi connectivity index (χ1v) is 19.9. The second-order valence-electron chi connectivity index (χ2n) is 15.1. The van der Waals surface area contributed by atoms with Crippen LogP contribution in [0.2, 0.25) is 0 Å². The minimum absolute atomic E-state index is 0.260. The molecule has 0 aromatic heterocycles. The van der Waals surface area contributed by atoms with Crippen molar-refractivity contribution < 1.29 is 31.1 Å². The summed E-state index contributed by atoms with van der Waals surface area (Å²) in [5.41, 5.74) is -0.0446. The van der Waals surface area contributed by atoms with Crippen LogP contribution in [0.3, 0.4) is 0 Å². The summed E-state index contributed by atoms with van der Waals surface area (Å²) in [5.74, 6) is 5.22. The molecule has 9 heteroatoms. The van der Waals surface area contributed by atoms with Crippen LogP contribution in [0.15, 0.2) is 65.6 Å². The van der Waals surface area contributed by atoms with E-state index in [1.54, 1.807) is 7.05 Å². The van der Waals surface area contributed by atoms with Gasteiger partial charge in [-0.25, -0.2) is 0 Å². The van der Waals surface area contributed by atoms with Crippen LogP contribution in [0.5, 0.6) is 0 Å². The zero-order valence-corrected chi connectivity index (χ0v) is 32.8. The highest BCUT2D eigenvalue weighted by Gasteiger charge is 2.59. The number of benzene rings is 1. The summed E-state index contributed by atoms with van der Waals surface area (Å²) >= 11 is 1.28. The van der Waals surface area contributed by atoms with Crippen molar-refractivity contribution in [2.45, 2.75) is 136 Å². The van der Waals surface area contributed by atoms with E-state index in [4.69, 9.17) is 0 Å². The Balaban J connectivity index is 0.000000293. The number of carbonyl (C=O) groups is 1. The molecule has 5 rings (SSSR count). The average molecular weight is 744 g/mol. The predicted molar refractivity (Wildman–Crippen MR) is 201 cm³/mol. The van der Waals surface area contributed by atoms with Crippen molar-refractivity contribution in [3.8, 4) is 0 Å². The van der Waals surface area contributed by atoms with Gasteiger partial charge in [-0.1, -0.05) is 78.3 Å². The molecule has 0 radical (unpaired) electrons. The third-order valence-electron chi connectivity index (χ3n) is 12.4. The fourth-order valence-corrected chi connectivity index (χ4v) is 10.3. The second kappa shape index (κ2) is 20.5. The highest BCUT2D eigenvalue weighted by atomic mass is 32.2. The molecule has 4 fully saturated rings. The molecule has 0 heterocycles. The highest BCUT2D eigenvalue weighted by Crippen LogP contribution is 2.68. The first kappa shape index (κ1) is 45.2. The first-order valence-electron chi connectivity index (χ1n) is 19.0. The lowest BCUT2D eigenvalue weighted by Crippen LogP contribution is -2.52. The summed E-state index contributed by atoms with van der Waals surface area (Å²) in [4.78, 5) is 11.8. The van der Waals surface area contributed by atoms with Gasteiger partial charge in [0, 0.05) is 10.8 Å². The van der Waals surface area contributed by atoms with Crippen LogP contribution >= 0.6 is 11.9 Å². The molecule has 290 valence electrons. The van der Waals surface area contributed by atoms with Gasteiger partial charge in [0.05, 0.1) is 11.1 Å². The van der Waals surface area contributed by atoms with E-state index in [1.165, 1.54) is 108 Å². The van der Waals surface area contributed by atoms with E-state index in [9.17, 15) is 31.1 Å². The molecule has 8 atom stereocenters. The average Bonchev–Trinajstić information content (AvgIpc) is 3.44. The molecule has 0 spiro atoms. The Hall–Kier alpha value is -2.00. The second-order valence-corrected chi connectivity index (χ2v) is 16.2. The highest BCUT2D eigenvalue weighted by molar-refractivity contribution is 7.97. The largest absolute Gasteiger partial charge is 0.416 e. The van der Waals surface area contributed by atoms with Gasteiger partial charge in [-0.15, -0.1) is 0 Å². The van der Waals surface area contributed by atoms with Gasteiger partial charge in [0.1, 0.15) is 6.29 Å². The van der Waals surface area contributed by atoms with Crippen LogP contribution in [-0.4, -0.2) is 19.5 Å². The summed E-state index contributed by atoms with van der Waals surface area (Å²) in [6.45, 7) is 16.2. The number of rotatable bonds is 8. The summed E-state index contributed by atoms with van der Waals surface area (Å²) in [6, 6.07) is 5.01. The van der Waals surface area contributed by atoms with Crippen LogP contribution in [0.4, 0.5) is 26.3 Å². The SMILES string of the molecule is C=C/C=C(\C=C/C)C(F)(F)F.CC.CC(C=O)CCC1CCC2C3CCC4CCCCC4(C)C3CCC12C.CNSc1ccc(C(F)(F)F)cc1. The monoisotopic (exact) mass is 743 g/mol. The Kier molecular flexibility index (Phi) is 18.1. The fraction of sp³-hybridized carbons (Fsp3) is 0.690. The third kappa shape index (κ3) is 12.0. The molecule has 4 aliphatic rings. The number of alkyl halides is 6. The molecule has 0 amide bonds. The molecule has 4 aliphatic carbocycles. The van der Waals surface area contributed by atoms with Gasteiger partial charge in [0.15, 0.2) is 0 Å². The van der Waals surface area contributed by atoms with Gasteiger partial charge in [0.2, 0.25) is 0 Å². The van der Waals surface area contributed by atoms with Crippen LogP contribution in [-0.2, 0) is 11.0 Å². The maximum atomic E-state index is 12.1. The van der Waals surface area contributed by atoms with E-state index >= 15 is 0 Å². The Labute approximate surface area is 308 Å². The number of halogens is 6. The standard InChI is InChI=1S/C24H40O.C8H8F3NS.C8H9F3.C2H6/c1-17(16-25)7-8-19-10-12-21-20-11-9-18-6-4-5-14-23(18,2)22(20)13-15-24(19,21)3;1-12-13-7-4-2-6(3-5-7)8(9,10)11;1-3-5-7(6-4-2)8(9,10)11;1-2/h16-22H,4-15H2,1-3H3;2-5,12H,1H3;3-6H,1H2,2H3;1-2H3/b;;6-4-,7-5+;. The van der Waals surface area contributed by atoms with Crippen LogP contribution in [0.25, 0.3) is 0 Å². The summed E-state index contributed by atoms with van der Waals surface area (Å²) in [5, 5.41) is 0. The summed E-state index contributed by atoms with van der Waals surface area (Å²) in [6.07, 6.45) is 14.4. The Morgan fingerprint density at radius 1 is 0.941 bits per heavy atom. The minimum atomic E-state index is -4.28. The number of aldehydes is 1. The van der Waals surface area contributed by atoms with E-state index in [0.717, 1.165) is 77.6 Å². The number of fused-ring (bicyclic) bond motifs is 5. The number of carbonyl (C=O) groups excluding carboxylic acids is 1. The van der Waals surface area contributed by atoms with Crippen molar-refractivity contribution in [1.82, 2.24) is 4.72 Å². The van der Waals surface area contributed by atoms with Crippen molar-refractivity contribution in [3.63, 3.8) is 0 Å². The van der Waals surface area contributed by atoms with Crippen molar-refractivity contribution in [2.24, 2.45) is 46.3 Å². The molecule has 1 N–H and O–H groups in total. The molecule has 2 nitrogen and oxygen atoms in total. The molecule has 1 aromatic carbocycles. The number of hydrogen-bond acceptors (Lipinski definition) is 3. The molecular weight excluding hydrogens is 681 g/mol. The number of nitrogens with one attached hydrogen (secondary N) is 1. The molecule has 4 saturated carbocycles. The van der Waals surface area contributed by atoms with Crippen molar-refractivity contribution in [2.75, 3.05) is 7.05 Å². The zero-order valence-electron chi connectivity index (χ0n) is 31.9. The van der Waals surface area contributed by atoms with Crippen molar-refractivity contribution in [3.05, 3.63) is 66.3 Å². The lowest BCUT2D eigenvalue weighted by molar-refractivity contribution is -0.137. The molecule has 0 bridgehead atoms. The minimum Gasteiger partial charge on any atom is -0.303 e. The topological polar surface area (TPSA) is 29.1 Å². The Bertz CT molecular complexity index is 1260. The number of hydrogen-bond donors (Lipinski definition) is 1. The van der Waals surface area contributed by atoms with E-state index < -0.39 is 23.5 Å². The quantitative estimate of drug-likeness (QED) is 0.124.